The molecule has 0 radical (unpaired) electrons. The Labute approximate surface area is 192 Å². The average Bonchev–Trinajstić information content (AvgIpc) is 2.70. The van der Waals surface area contributed by atoms with Crippen LogP contribution >= 0.6 is 0 Å². The van der Waals surface area contributed by atoms with Crippen LogP contribution in [0.5, 0.6) is 0 Å². The number of carbonyl (C=O) groups excluding carboxylic acids is 4. The molecule has 32 heavy (non-hydrogen) atoms. The minimum atomic E-state index is -0.437. The third kappa shape index (κ3) is 33.8. The quantitative estimate of drug-likeness (QED) is 0.184. The first-order valence-corrected chi connectivity index (χ1v) is 9.25. The van der Waals surface area contributed by atoms with Gasteiger partial charge in [0.05, 0.1) is 6.54 Å². The zero-order chi connectivity index (χ0) is 26.3. The predicted molar refractivity (Wildman–Crippen MR) is 129 cm³/mol. The summed E-state index contributed by atoms with van der Waals surface area (Å²) in [5.41, 5.74) is 2.00. The van der Waals surface area contributed by atoms with Crippen LogP contribution in [0, 0.1) is 12.3 Å². The third-order valence-electron chi connectivity index (χ3n) is 2.73. The molecular weight excluding hydrogens is 410 g/mol. The van der Waals surface area contributed by atoms with Gasteiger partial charge in [0, 0.05) is 11.1 Å². The van der Waals surface area contributed by atoms with Gasteiger partial charge < -0.3 is 9.47 Å². The van der Waals surface area contributed by atoms with Crippen LogP contribution in [0.4, 0.5) is 0 Å². The second-order valence-corrected chi connectivity index (χ2v) is 6.19. The van der Waals surface area contributed by atoms with Crippen molar-refractivity contribution in [3.8, 4) is 12.3 Å². The van der Waals surface area contributed by atoms with E-state index >= 15 is 0 Å². The molecule has 0 aromatic rings. The summed E-state index contributed by atoms with van der Waals surface area (Å²) in [5, 5.41) is 0. The van der Waals surface area contributed by atoms with E-state index in [1.807, 2.05) is 0 Å². The maximum absolute atomic E-state index is 10.7. The van der Waals surface area contributed by atoms with Crippen LogP contribution in [0.15, 0.2) is 60.2 Å². The monoisotopic (exact) mass is 445 g/mol. The Bertz CT molecular complexity index is 742. The van der Waals surface area contributed by atoms with Crippen molar-refractivity contribution in [2.24, 2.45) is 4.99 Å². The van der Waals surface area contributed by atoms with E-state index in [1.165, 1.54) is 13.8 Å². The molecule has 0 amide bonds. The highest BCUT2D eigenvalue weighted by molar-refractivity contribution is 5.92. The summed E-state index contributed by atoms with van der Waals surface area (Å²) in [6.45, 7) is 27.1. The van der Waals surface area contributed by atoms with Gasteiger partial charge >= 0.3 is 11.9 Å². The van der Waals surface area contributed by atoms with Gasteiger partial charge in [0.25, 0.3) is 0 Å². The number of Topliss-reactive ketones (excluding diaryl/α,β-unsaturated/α-hetero) is 2. The van der Waals surface area contributed by atoms with Crippen LogP contribution in [0.25, 0.3) is 0 Å². The lowest BCUT2D eigenvalue weighted by Gasteiger charge is -1.99. The number of terminal acetylenes is 1. The lowest BCUT2D eigenvalue weighted by Crippen LogP contribution is -2.07. The number of ketones is 2. The molecule has 0 aliphatic carbocycles. The number of hydrogen-bond donors (Lipinski definition) is 0. The molecule has 0 rings (SSSR count). The van der Waals surface area contributed by atoms with Gasteiger partial charge in [-0.15, -0.1) is 6.42 Å². The van der Waals surface area contributed by atoms with Gasteiger partial charge in [-0.05, 0) is 65.1 Å². The highest BCUT2D eigenvalue weighted by Gasteiger charge is 2.00. The summed E-state index contributed by atoms with van der Waals surface area (Å²) in [7, 11) is 0. The Balaban J connectivity index is -0.000000169. The molecule has 0 N–H and O–H groups in total. The lowest BCUT2D eigenvalue weighted by atomic mass is 10.3. The molecule has 0 spiro atoms. The van der Waals surface area contributed by atoms with E-state index in [4.69, 9.17) is 11.2 Å². The van der Waals surface area contributed by atoms with Gasteiger partial charge in [0.2, 0.25) is 0 Å². The van der Waals surface area contributed by atoms with E-state index in [2.05, 4.69) is 54.4 Å². The second-order valence-electron chi connectivity index (χ2n) is 6.19. The topological polar surface area (TPSA) is 99.1 Å². The number of allylic oxidation sites excluding steroid dienone is 2. The van der Waals surface area contributed by atoms with Gasteiger partial charge in [-0.25, -0.2) is 14.6 Å². The summed E-state index contributed by atoms with van der Waals surface area (Å²) < 4.78 is 9.18. The molecule has 0 unspecified atom stereocenters. The zero-order valence-electron chi connectivity index (χ0n) is 20.1. The van der Waals surface area contributed by atoms with E-state index in [-0.39, 0.29) is 30.7 Å². The standard InChI is InChI=1S/C8H11NO2.C7H8O2.2C5H8O/c1-4-9-5-6-11-8(10)7(2)3;1-4-5-9-7(8)6(2)3;2*1-4(2)5(3)6/h1-2,5-6H2,3H3;1H,2,5H2,3H3;2*1H2,2-3H3. The minimum Gasteiger partial charge on any atom is -0.460 e. The van der Waals surface area contributed by atoms with Crippen molar-refractivity contribution < 1.29 is 28.7 Å². The van der Waals surface area contributed by atoms with Crippen molar-refractivity contribution in [1.29, 1.82) is 0 Å². The number of nitrogens with zero attached hydrogens (tertiary/aromatic N) is 1. The van der Waals surface area contributed by atoms with Crippen LogP contribution < -0.4 is 0 Å². The van der Waals surface area contributed by atoms with Crippen molar-refractivity contribution in [3.05, 3.63) is 55.2 Å². The average molecular weight is 446 g/mol. The Morgan fingerprint density at radius 2 is 1.09 bits per heavy atom. The minimum absolute atomic E-state index is 0.0195. The number of esters is 2. The van der Waals surface area contributed by atoms with E-state index < -0.39 is 5.97 Å². The normalized spacial score (nSPS) is 7.78. The molecule has 0 saturated carbocycles. The molecule has 7 heteroatoms. The van der Waals surface area contributed by atoms with Crippen molar-refractivity contribution in [1.82, 2.24) is 0 Å². The van der Waals surface area contributed by atoms with Gasteiger partial charge in [-0.1, -0.05) is 32.2 Å². The molecule has 0 aliphatic heterocycles. The predicted octanol–water partition coefficient (Wildman–Crippen LogP) is 4.00. The van der Waals surface area contributed by atoms with Gasteiger partial charge in [-0.3, -0.25) is 9.59 Å². The Morgan fingerprint density at radius 1 is 0.750 bits per heavy atom. The Kier molecular flexibility index (Phi) is 26.2. The van der Waals surface area contributed by atoms with Crippen molar-refractivity contribution in [2.45, 2.75) is 41.5 Å². The maximum Gasteiger partial charge on any atom is 0.334 e. The maximum atomic E-state index is 10.7. The molecule has 0 aromatic carbocycles. The number of carbonyl (C=O) groups is 4. The van der Waals surface area contributed by atoms with Gasteiger partial charge in [0.15, 0.2) is 18.2 Å². The summed E-state index contributed by atoms with van der Waals surface area (Å²) in [6.07, 6.45) is 4.82. The van der Waals surface area contributed by atoms with Crippen LogP contribution in [0.2, 0.25) is 0 Å². The summed E-state index contributed by atoms with van der Waals surface area (Å²) >= 11 is 0. The molecule has 0 aliphatic rings. The lowest BCUT2D eigenvalue weighted by molar-refractivity contribution is -0.139. The first-order valence-electron chi connectivity index (χ1n) is 9.25. The van der Waals surface area contributed by atoms with Crippen LogP contribution in [0.3, 0.4) is 0 Å². The fourth-order valence-electron chi connectivity index (χ4n) is 0.617. The first kappa shape index (κ1) is 35.7. The summed E-state index contributed by atoms with van der Waals surface area (Å²) in [6, 6.07) is 0. The van der Waals surface area contributed by atoms with Crippen molar-refractivity contribution in [3.63, 3.8) is 0 Å². The molecule has 0 atom stereocenters. The number of ether oxygens (including phenoxy) is 2. The highest BCUT2D eigenvalue weighted by atomic mass is 16.5. The third-order valence-corrected chi connectivity index (χ3v) is 2.73. The number of hydrogen-bond acceptors (Lipinski definition) is 7. The molecule has 0 saturated heterocycles. The fraction of sp³-hybridized carbons (Fsp3) is 0.360. The van der Waals surface area contributed by atoms with E-state index in [1.54, 1.807) is 27.7 Å². The number of aliphatic imine (C=N–C) groups is 1. The molecule has 0 fully saturated rings. The van der Waals surface area contributed by atoms with Crippen LogP contribution in [-0.2, 0) is 28.7 Å². The van der Waals surface area contributed by atoms with E-state index in [9.17, 15) is 19.2 Å². The smallest absolute Gasteiger partial charge is 0.334 e. The van der Waals surface area contributed by atoms with Crippen molar-refractivity contribution in [2.75, 3.05) is 19.8 Å². The molecule has 176 valence electrons. The second kappa shape index (κ2) is 23.5. The van der Waals surface area contributed by atoms with Crippen molar-refractivity contribution >= 4 is 29.4 Å². The summed E-state index contributed by atoms with van der Waals surface area (Å²) in [4.78, 5) is 44.9. The molecule has 0 heterocycles. The Morgan fingerprint density at radius 3 is 1.34 bits per heavy atom. The zero-order valence-corrected chi connectivity index (χ0v) is 20.1. The number of rotatable bonds is 8. The molecule has 0 bridgehead atoms. The fourth-order valence-corrected chi connectivity index (χ4v) is 0.617. The van der Waals surface area contributed by atoms with E-state index in [0.29, 0.717) is 28.8 Å². The van der Waals surface area contributed by atoms with Gasteiger partial charge in [0.1, 0.15) is 6.61 Å². The summed E-state index contributed by atoms with van der Waals surface area (Å²) in [5.74, 6) is 3.81. The first-order chi connectivity index (χ1) is 14.6. The van der Waals surface area contributed by atoms with Crippen LogP contribution in [0.1, 0.15) is 41.5 Å². The molecule has 0 aromatic heterocycles. The van der Waals surface area contributed by atoms with E-state index in [0.717, 1.165) is 0 Å². The molecular formula is C25H35NO6. The molecule has 7 nitrogen and oxygen atoms in total. The SMILES string of the molecule is C#CCOC(=O)C(=C)C.C=C(C)C(C)=O.C=C(C)C(C)=O.C=C=NCCOC(=O)C(=C)C. The highest BCUT2D eigenvalue weighted by Crippen LogP contribution is 1.91. The van der Waals surface area contributed by atoms with Crippen LogP contribution in [-0.4, -0.2) is 49.1 Å². The largest absolute Gasteiger partial charge is 0.460 e. The van der Waals surface area contributed by atoms with Gasteiger partial charge in [-0.2, -0.15) is 0 Å². The Hall–Kier alpha value is -3.75.